The molecule has 0 saturated heterocycles. The van der Waals surface area contributed by atoms with E-state index < -0.39 is 0 Å². The van der Waals surface area contributed by atoms with Crippen LogP contribution in [0.15, 0.2) is 18.5 Å². The Bertz CT molecular complexity index is 550. The molecule has 0 aromatic carbocycles. The molecule has 0 bridgehead atoms. The summed E-state index contributed by atoms with van der Waals surface area (Å²) in [5, 5.41) is 10.8. The van der Waals surface area contributed by atoms with Gasteiger partial charge in [-0.3, -0.25) is 4.68 Å². The molecule has 0 unspecified atom stereocenters. The van der Waals surface area contributed by atoms with Gasteiger partial charge in [0.2, 0.25) is 0 Å². The lowest BCUT2D eigenvalue weighted by Gasteiger charge is -2.13. The summed E-state index contributed by atoms with van der Waals surface area (Å²) in [6.45, 7) is 5.95. The van der Waals surface area contributed by atoms with Crippen LogP contribution in [-0.2, 0) is 13.0 Å². The Morgan fingerprint density at radius 2 is 2.05 bits per heavy atom. The molecule has 0 atom stereocenters. The highest BCUT2D eigenvalue weighted by Gasteiger charge is 2.09. The first-order valence-corrected chi connectivity index (χ1v) is 7.51. The van der Waals surface area contributed by atoms with Gasteiger partial charge in [-0.2, -0.15) is 5.10 Å². The molecule has 0 aliphatic rings. The lowest BCUT2D eigenvalue weighted by atomic mass is 10.2. The highest BCUT2D eigenvalue weighted by Crippen LogP contribution is 2.20. The van der Waals surface area contributed by atoms with Crippen molar-refractivity contribution in [3.8, 4) is 0 Å². The second-order valence-corrected chi connectivity index (χ2v) is 5.01. The second kappa shape index (κ2) is 7.61. The Morgan fingerprint density at radius 3 is 2.71 bits per heavy atom. The Kier molecular flexibility index (Phi) is 5.54. The molecular weight excluding hydrogens is 264 g/mol. The van der Waals surface area contributed by atoms with E-state index in [1.165, 1.54) is 0 Å². The summed E-state index contributed by atoms with van der Waals surface area (Å²) in [5.41, 5.74) is 1.07. The van der Waals surface area contributed by atoms with Crippen molar-refractivity contribution < 1.29 is 0 Å². The maximum atomic E-state index is 4.62. The number of anilines is 2. The fourth-order valence-electron chi connectivity index (χ4n) is 2.19. The van der Waals surface area contributed by atoms with Crippen molar-refractivity contribution in [2.75, 3.05) is 24.2 Å². The molecule has 0 aliphatic heterocycles. The van der Waals surface area contributed by atoms with Crippen molar-refractivity contribution >= 4 is 11.6 Å². The fourth-order valence-corrected chi connectivity index (χ4v) is 2.19. The van der Waals surface area contributed by atoms with E-state index in [4.69, 9.17) is 0 Å². The van der Waals surface area contributed by atoms with Crippen LogP contribution in [0.25, 0.3) is 0 Å². The summed E-state index contributed by atoms with van der Waals surface area (Å²) in [7, 11) is 1.90. The van der Waals surface area contributed by atoms with Gasteiger partial charge in [0.1, 0.15) is 17.5 Å². The van der Waals surface area contributed by atoms with Crippen molar-refractivity contribution in [2.45, 2.75) is 39.7 Å². The quantitative estimate of drug-likeness (QED) is 0.730. The first-order valence-electron chi connectivity index (χ1n) is 7.51. The van der Waals surface area contributed by atoms with Crippen molar-refractivity contribution in [3.63, 3.8) is 0 Å². The van der Waals surface area contributed by atoms with Gasteiger partial charge in [0.25, 0.3) is 0 Å². The maximum absolute atomic E-state index is 4.62. The van der Waals surface area contributed by atoms with Gasteiger partial charge < -0.3 is 10.6 Å². The zero-order valence-corrected chi connectivity index (χ0v) is 13.1. The third-order valence-corrected chi connectivity index (χ3v) is 3.32. The third kappa shape index (κ3) is 4.18. The summed E-state index contributed by atoms with van der Waals surface area (Å²) in [4.78, 5) is 9.15. The minimum Gasteiger partial charge on any atom is -0.373 e. The van der Waals surface area contributed by atoms with Crippen LogP contribution in [0.3, 0.4) is 0 Å². The fraction of sp³-hybridized carbons (Fsp3) is 0.533. The standard InChI is InChI=1S/C15H24N6/c1-4-7-13-19-14(16-3)12(2)15(20-13)17-8-5-10-21-11-6-9-18-21/h6,9,11H,4-5,7-8,10H2,1-3H3,(H2,16,17,19,20). The van der Waals surface area contributed by atoms with Gasteiger partial charge in [-0.05, 0) is 25.8 Å². The van der Waals surface area contributed by atoms with E-state index in [0.29, 0.717) is 0 Å². The average molecular weight is 288 g/mol. The number of nitrogens with one attached hydrogen (secondary N) is 2. The van der Waals surface area contributed by atoms with Gasteiger partial charge in [-0.1, -0.05) is 6.92 Å². The van der Waals surface area contributed by atoms with E-state index in [2.05, 4.69) is 32.6 Å². The lowest BCUT2D eigenvalue weighted by Crippen LogP contribution is -2.12. The molecule has 2 aromatic heterocycles. The Hall–Kier alpha value is -2.11. The topological polar surface area (TPSA) is 67.7 Å². The van der Waals surface area contributed by atoms with Crippen molar-refractivity contribution in [2.24, 2.45) is 0 Å². The largest absolute Gasteiger partial charge is 0.373 e. The highest BCUT2D eigenvalue weighted by molar-refractivity contribution is 5.56. The van der Waals surface area contributed by atoms with Crippen LogP contribution >= 0.6 is 0 Å². The molecular formula is C15H24N6. The van der Waals surface area contributed by atoms with Crippen LogP contribution in [0.1, 0.15) is 31.2 Å². The van der Waals surface area contributed by atoms with E-state index in [1.807, 2.05) is 30.9 Å². The summed E-state index contributed by atoms with van der Waals surface area (Å²) >= 11 is 0. The number of aromatic nitrogens is 4. The monoisotopic (exact) mass is 288 g/mol. The van der Waals surface area contributed by atoms with Crippen molar-refractivity contribution in [1.82, 2.24) is 19.7 Å². The van der Waals surface area contributed by atoms with Gasteiger partial charge in [0, 0.05) is 44.5 Å². The molecule has 0 spiro atoms. The zero-order chi connectivity index (χ0) is 15.1. The SMILES string of the molecule is CCCc1nc(NC)c(C)c(NCCCn2cccn2)n1. The first kappa shape index (κ1) is 15.3. The van der Waals surface area contributed by atoms with E-state index >= 15 is 0 Å². The number of hydrogen-bond acceptors (Lipinski definition) is 5. The summed E-state index contributed by atoms with van der Waals surface area (Å²) in [6.07, 6.45) is 6.73. The predicted molar refractivity (Wildman–Crippen MR) is 85.6 cm³/mol. The highest BCUT2D eigenvalue weighted by atomic mass is 15.3. The van der Waals surface area contributed by atoms with E-state index in [1.54, 1.807) is 6.20 Å². The molecule has 2 rings (SSSR count). The molecule has 0 aliphatic carbocycles. The van der Waals surface area contributed by atoms with Crippen LogP contribution in [-0.4, -0.2) is 33.3 Å². The average Bonchev–Trinajstić information content (AvgIpc) is 2.99. The van der Waals surface area contributed by atoms with Crippen molar-refractivity contribution in [1.29, 1.82) is 0 Å². The molecule has 2 aromatic rings. The molecule has 2 heterocycles. The molecule has 0 fully saturated rings. The molecule has 21 heavy (non-hydrogen) atoms. The predicted octanol–water partition coefficient (Wildman–Crippen LogP) is 2.48. The molecule has 0 amide bonds. The minimum absolute atomic E-state index is 0.867. The number of hydrogen-bond donors (Lipinski definition) is 2. The molecule has 114 valence electrons. The van der Waals surface area contributed by atoms with E-state index in [-0.39, 0.29) is 0 Å². The summed E-state index contributed by atoms with van der Waals surface area (Å²) < 4.78 is 1.94. The molecule has 6 heteroatoms. The van der Waals surface area contributed by atoms with Gasteiger partial charge in [-0.25, -0.2) is 9.97 Å². The van der Waals surface area contributed by atoms with Gasteiger partial charge in [-0.15, -0.1) is 0 Å². The smallest absolute Gasteiger partial charge is 0.134 e. The number of nitrogens with zero attached hydrogens (tertiary/aromatic N) is 4. The number of aryl methyl sites for hydroxylation is 2. The number of rotatable bonds is 8. The molecule has 2 N–H and O–H groups in total. The summed E-state index contributed by atoms with van der Waals surface area (Å²) in [6, 6.07) is 1.94. The third-order valence-electron chi connectivity index (χ3n) is 3.32. The van der Waals surface area contributed by atoms with Crippen LogP contribution in [0, 0.1) is 6.92 Å². The molecule has 0 saturated carbocycles. The zero-order valence-electron chi connectivity index (χ0n) is 13.1. The summed E-state index contributed by atoms with van der Waals surface area (Å²) in [5.74, 6) is 2.73. The first-order chi connectivity index (χ1) is 10.2. The lowest BCUT2D eigenvalue weighted by molar-refractivity contribution is 0.591. The van der Waals surface area contributed by atoms with E-state index in [9.17, 15) is 0 Å². The Balaban J connectivity index is 1.96. The Labute approximate surface area is 126 Å². The van der Waals surface area contributed by atoms with Crippen molar-refractivity contribution in [3.05, 3.63) is 29.8 Å². The van der Waals surface area contributed by atoms with Crippen LogP contribution in [0.4, 0.5) is 11.6 Å². The molecule has 0 radical (unpaired) electrons. The maximum Gasteiger partial charge on any atom is 0.134 e. The second-order valence-electron chi connectivity index (χ2n) is 5.01. The normalized spacial score (nSPS) is 10.6. The van der Waals surface area contributed by atoms with Crippen LogP contribution < -0.4 is 10.6 Å². The van der Waals surface area contributed by atoms with Gasteiger partial charge in [0.05, 0.1) is 0 Å². The van der Waals surface area contributed by atoms with Crippen LogP contribution in [0.2, 0.25) is 0 Å². The molecule has 6 nitrogen and oxygen atoms in total. The van der Waals surface area contributed by atoms with E-state index in [0.717, 1.165) is 55.4 Å². The Morgan fingerprint density at radius 1 is 1.24 bits per heavy atom. The van der Waals surface area contributed by atoms with Crippen LogP contribution in [0.5, 0.6) is 0 Å². The van der Waals surface area contributed by atoms with Gasteiger partial charge in [0.15, 0.2) is 0 Å². The van der Waals surface area contributed by atoms with Gasteiger partial charge >= 0.3 is 0 Å². The minimum atomic E-state index is 0.867.